The fraction of sp³-hybridized carbons (Fsp3) is 0.250. The molecule has 0 bridgehead atoms. The van der Waals surface area contributed by atoms with Gasteiger partial charge < -0.3 is 10.5 Å². The van der Waals surface area contributed by atoms with E-state index < -0.39 is 10.1 Å². The van der Waals surface area contributed by atoms with Crippen LogP contribution in [0.1, 0.15) is 5.56 Å². The van der Waals surface area contributed by atoms with E-state index in [1.807, 2.05) is 0 Å². The SMILES string of the molecule is COc1cccc(CN)c1S(=O)(=O)O. The standard InChI is InChI=1S/C8H11NO4S/c1-13-7-4-2-3-6(5-9)8(7)14(10,11)12/h2-4H,5,9H2,1H3,(H,10,11,12). The van der Waals surface area contributed by atoms with E-state index in [0.29, 0.717) is 5.56 Å². The predicted molar refractivity (Wildman–Crippen MR) is 50.7 cm³/mol. The van der Waals surface area contributed by atoms with Crippen molar-refractivity contribution in [1.29, 1.82) is 0 Å². The fourth-order valence-electron chi connectivity index (χ4n) is 1.18. The smallest absolute Gasteiger partial charge is 0.298 e. The summed E-state index contributed by atoms with van der Waals surface area (Å²) < 4.78 is 35.8. The Bertz CT molecular complexity index is 405. The zero-order valence-electron chi connectivity index (χ0n) is 7.60. The van der Waals surface area contributed by atoms with Crippen molar-refractivity contribution in [2.75, 3.05) is 7.11 Å². The highest BCUT2D eigenvalue weighted by molar-refractivity contribution is 7.86. The second-order valence-corrected chi connectivity index (χ2v) is 3.99. The van der Waals surface area contributed by atoms with Crippen molar-refractivity contribution < 1.29 is 17.7 Å². The molecule has 5 nitrogen and oxygen atoms in total. The summed E-state index contributed by atoms with van der Waals surface area (Å²) in [5, 5.41) is 0. The summed E-state index contributed by atoms with van der Waals surface area (Å²) >= 11 is 0. The zero-order chi connectivity index (χ0) is 10.8. The van der Waals surface area contributed by atoms with Crippen molar-refractivity contribution >= 4 is 10.1 Å². The quantitative estimate of drug-likeness (QED) is 0.715. The fourth-order valence-corrected chi connectivity index (χ4v) is 2.06. The third-order valence-corrected chi connectivity index (χ3v) is 2.74. The van der Waals surface area contributed by atoms with Gasteiger partial charge in [-0.2, -0.15) is 8.42 Å². The number of methoxy groups -OCH3 is 1. The minimum Gasteiger partial charge on any atom is -0.495 e. The molecule has 0 spiro atoms. The normalized spacial score (nSPS) is 11.4. The third kappa shape index (κ3) is 2.03. The molecule has 3 N–H and O–H groups in total. The number of ether oxygens (including phenoxy) is 1. The van der Waals surface area contributed by atoms with Crippen LogP contribution in [0.3, 0.4) is 0 Å². The lowest BCUT2D eigenvalue weighted by atomic mass is 10.2. The second-order valence-electron chi connectivity index (χ2n) is 2.63. The number of benzene rings is 1. The van der Waals surface area contributed by atoms with Crippen LogP contribution in [-0.2, 0) is 16.7 Å². The molecule has 0 fully saturated rings. The van der Waals surface area contributed by atoms with E-state index in [9.17, 15) is 8.42 Å². The Morgan fingerprint density at radius 1 is 1.50 bits per heavy atom. The van der Waals surface area contributed by atoms with Crippen molar-refractivity contribution in [2.24, 2.45) is 5.73 Å². The molecule has 0 unspecified atom stereocenters. The van der Waals surface area contributed by atoms with Gasteiger partial charge in [0.1, 0.15) is 10.6 Å². The number of hydrogen-bond acceptors (Lipinski definition) is 4. The predicted octanol–water partition coefficient (Wildman–Crippen LogP) is 0.401. The first-order valence-corrected chi connectivity index (χ1v) is 5.28. The molecular formula is C8H11NO4S. The summed E-state index contributed by atoms with van der Waals surface area (Å²) in [6, 6.07) is 4.57. The first kappa shape index (κ1) is 11.0. The van der Waals surface area contributed by atoms with Crippen LogP contribution < -0.4 is 10.5 Å². The van der Waals surface area contributed by atoms with Crippen molar-refractivity contribution in [3.8, 4) is 5.75 Å². The molecule has 0 saturated carbocycles. The van der Waals surface area contributed by atoms with E-state index in [2.05, 4.69) is 0 Å². The lowest BCUT2D eigenvalue weighted by molar-refractivity contribution is 0.396. The number of rotatable bonds is 3. The Hall–Kier alpha value is -1.11. The Kier molecular flexibility index (Phi) is 3.10. The van der Waals surface area contributed by atoms with Gasteiger partial charge in [-0.3, -0.25) is 4.55 Å². The summed E-state index contributed by atoms with van der Waals surface area (Å²) in [4.78, 5) is -0.259. The maximum absolute atomic E-state index is 11.0. The molecule has 0 saturated heterocycles. The van der Waals surface area contributed by atoms with E-state index in [4.69, 9.17) is 15.0 Å². The average molecular weight is 217 g/mol. The molecule has 1 aromatic rings. The van der Waals surface area contributed by atoms with Gasteiger partial charge in [-0.1, -0.05) is 12.1 Å². The highest BCUT2D eigenvalue weighted by Gasteiger charge is 2.19. The molecule has 0 aliphatic carbocycles. The Morgan fingerprint density at radius 3 is 2.57 bits per heavy atom. The highest BCUT2D eigenvalue weighted by Crippen LogP contribution is 2.26. The summed E-state index contributed by atoms with van der Waals surface area (Å²) in [6.45, 7) is 0.0202. The first-order chi connectivity index (χ1) is 6.50. The molecule has 78 valence electrons. The van der Waals surface area contributed by atoms with Crippen molar-refractivity contribution in [3.05, 3.63) is 23.8 Å². The van der Waals surface area contributed by atoms with Gasteiger partial charge >= 0.3 is 0 Å². The van der Waals surface area contributed by atoms with E-state index in [0.717, 1.165) is 0 Å². The van der Waals surface area contributed by atoms with Gasteiger partial charge in [0.05, 0.1) is 7.11 Å². The van der Waals surface area contributed by atoms with Gasteiger partial charge in [-0.25, -0.2) is 0 Å². The van der Waals surface area contributed by atoms with Crippen molar-refractivity contribution in [1.82, 2.24) is 0 Å². The van der Waals surface area contributed by atoms with Crippen LogP contribution in [0.5, 0.6) is 5.75 Å². The second kappa shape index (κ2) is 3.95. The summed E-state index contributed by atoms with van der Waals surface area (Å²) in [7, 11) is -2.97. The molecule has 0 amide bonds. The average Bonchev–Trinajstić information content (AvgIpc) is 2.15. The monoisotopic (exact) mass is 217 g/mol. The van der Waals surface area contributed by atoms with E-state index in [1.54, 1.807) is 6.07 Å². The van der Waals surface area contributed by atoms with Crippen LogP contribution in [0.25, 0.3) is 0 Å². The molecule has 0 radical (unpaired) electrons. The molecule has 0 heterocycles. The summed E-state index contributed by atoms with van der Waals surface area (Å²) in [6.07, 6.45) is 0. The number of nitrogens with two attached hydrogens (primary N) is 1. The zero-order valence-corrected chi connectivity index (χ0v) is 8.41. The van der Waals surface area contributed by atoms with Gasteiger partial charge in [-0.15, -0.1) is 0 Å². The van der Waals surface area contributed by atoms with Crippen molar-refractivity contribution in [3.63, 3.8) is 0 Å². The highest BCUT2D eigenvalue weighted by atomic mass is 32.2. The third-order valence-electron chi connectivity index (χ3n) is 1.76. The van der Waals surface area contributed by atoms with Gasteiger partial charge in [0, 0.05) is 6.54 Å². The van der Waals surface area contributed by atoms with Crippen LogP contribution in [0, 0.1) is 0 Å². The minimum atomic E-state index is -4.29. The van der Waals surface area contributed by atoms with Crippen LogP contribution in [0.4, 0.5) is 0 Å². The van der Waals surface area contributed by atoms with E-state index >= 15 is 0 Å². The minimum absolute atomic E-state index is 0.0202. The van der Waals surface area contributed by atoms with Crippen LogP contribution in [-0.4, -0.2) is 20.1 Å². The van der Waals surface area contributed by atoms with Gasteiger partial charge in [0.2, 0.25) is 0 Å². The molecule has 1 aromatic carbocycles. The van der Waals surface area contributed by atoms with Gasteiger partial charge in [0.15, 0.2) is 0 Å². The van der Waals surface area contributed by atoms with Crippen molar-refractivity contribution in [2.45, 2.75) is 11.4 Å². The first-order valence-electron chi connectivity index (χ1n) is 3.84. The molecule has 0 aromatic heterocycles. The summed E-state index contributed by atoms with van der Waals surface area (Å²) in [5.41, 5.74) is 5.67. The molecule has 1 rings (SSSR count). The molecule has 0 atom stereocenters. The lowest BCUT2D eigenvalue weighted by Gasteiger charge is -2.09. The molecule has 0 aliphatic rings. The maximum atomic E-state index is 11.0. The van der Waals surface area contributed by atoms with E-state index in [1.165, 1.54) is 19.2 Å². The lowest BCUT2D eigenvalue weighted by Crippen LogP contribution is -2.08. The molecule has 0 aliphatic heterocycles. The summed E-state index contributed by atoms with van der Waals surface area (Å²) in [5.74, 6) is 0.0930. The molecule has 6 heteroatoms. The Labute approximate surface area is 82.2 Å². The number of hydrogen-bond donors (Lipinski definition) is 2. The Balaban J connectivity index is 3.50. The maximum Gasteiger partial charge on any atom is 0.298 e. The van der Waals surface area contributed by atoms with Gasteiger partial charge in [-0.05, 0) is 11.6 Å². The van der Waals surface area contributed by atoms with Crippen LogP contribution in [0.15, 0.2) is 23.1 Å². The topological polar surface area (TPSA) is 89.6 Å². The Morgan fingerprint density at radius 2 is 2.14 bits per heavy atom. The molecule has 14 heavy (non-hydrogen) atoms. The van der Waals surface area contributed by atoms with Gasteiger partial charge in [0.25, 0.3) is 10.1 Å². The molecular weight excluding hydrogens is 206 g/mol. The van der Waals surface area contributed by atoms with Crippen LogP contribution >= 0.6 is 0 Å². The van der Waals surface area contributed by atoms with Crippen LogP contribution in [0.2, 0.25) is 0 Å². The largest absolute Gasteiger partial charge is 0.495 e. The van der Waals surface area contributed by atoms with E-state index in [-0.39, 0.29) is 17.2 Å².